The SMILES string of the molecule is CCC1(CC)c2cc(/C=C/C3=CC=C(c4cccc(-c5ccccc5)c4C(C)(C)C)CC3)ccc2-c2ccc(N(c3ccccc3)c3ccccc3)cc21. The Morgan fingerprint density at radius 1 is 0.537 bits per heavy atom. The first-order valence-electron chi connectivity index (χ1n) is 19.8. The molecule has 0 fully saturated rings. The van der Waals surface area contributed by atoms with Crippen LogP contribution < -0.4 is 4.90 Å². The van der Waals surface area contributed by atoms with Crippen LogP contribution in [0.5, 0.6) is 0 Å². The molecule has 1 heteroatoms. The minimum Gasteiger partial charge on any atom is -0.310 e. The number of benzene rings is 6. The van der Waals surface area contributed by atoms with Gasteiger partial charge < -0.3 is 4.90 Å². The number of hydrogen-bond donors (Lipinski definition) is 0. The van der Waals surface area contributed by atoms with Crippen LogP contribution in [0.2, 0.25) is 0 Å². The van der Waals surface area contributed by atoms with E-state index in [4.69, 9.17) is 0 Å². The first-order valence-corrected chi connectivity index (χ1v) is 19.8. The van der Waals surface area contributed by atoms with Crippen molar-refractivity contribution >= 4 is 28.7 Å². The fourth-order valence-corrected chi connectivity index (χ4v) is 9.06. The van der Waals surface area contributed by atoms with Crippen LogP contribution in [0.3, 0.4) is 0 Å². The lowest BCUT2D eigenvalue weighted by Gasteiger charge is -2.32. The maximum Gasteiger partial charge on any atom is 0.0465 e. The van der Waals surface area contributed by atoms with Crippen LogP contribution in [0.1, 0.15) is 88.1 Å². The summed E-state index contributed by atoms with van der Waals surface area (Å²) in [6.07, 6.45) is 13.6. The lowest BCUT2D eigenvalue weighted by molar-refractivity contribution is 0.490. The van der Waals surface area contributed by atoms with Gasteiger partial charge in [-0.25, -0.2) is 0 Å². The quantitative estimate of drug-likeness (QED) is 0.145. The van der Waals surface area contributed by atoms with Gasteiger partial charge in [0.15, 0.2) is 0 Å². The summed E-state index contributed by atoms with van der Waals surface area (Å²) in [5.41, 5.74) is 18.7. The van der Waals surface area contributed by atoms with Gasteiger partial charge in [0.05, 0.1) is 0 Å². The minimum atomic E-state index is -0.0373. The summed E-state index contributed by atoms with van der Waals surface area (Å²) in [5, 5.41) is 0. The number of nitrogens with zero attached hydrogens (tertiary/aromatic N) is 1. The average Bonchev–Trinajstić information content (AvgIpc) is 3.49. The van der Waals surface area contributed by atoms with E-state index in [1.54, 1.807) is 0 Å². The summed E-state index contributed by atoms with van der Waals surface area (Å²) in [6, 6.07) is 53.4. The van der Waals surface area contributed by atoms with Crippen molar-refractivity contribution in [3.63, 3.8) is 0 Å². The molecule has 0 spiro atoms. The largest absolute Gasteiger partial charge is 0.310 e. The van der Waals surface area contributed by atoms with Crippen molar-refractivity contribution in [1.29, 1.82) is 0 Å². The maximum absolute atomic E-state index is 2.47. The molecule has 268 valence electrons. The van der Waals surface area contributed by atoms with E-state index in [1.165, 1.54) is 78.3 Å². The van der Waals surface area contributed by atoms with Crippen molar-refractivity contribution in [2.75, 3.05) is 4.90 Å². The third-order valence-corrected chi connectivity index (χ3v) is 11.8. The molecule has 0 bridgehead atoms. The second kappa shape index (κ2) is 14.6. The molecular formula is C53H51N. The van der Waals surface area contributed by atoms with Crippen molar-refractivity contribution in [3.8, 4) is 22.3 Å². The number of hydrogen-bond acceptors (Lipinski definition) is 1. The molecule has 6 aromatic carbocycles. The van der Waals surface area contributed by atoms with E-state index in [0.29, 0.717) is 0 Å². The molecule has 54 heavy (non-hydrogen) atoms. The van der Waals surface area contributed by atoms with Crippen molar-refractivity contribution in [2.45, 2.75) is 71.1 Å². The predicted molar refractivity (Wildman–Crippen MR) is 233 cm³/mol. The molecule has 0 saturated heterocycles. The van der Waals surface area contributed by atoms with Crippen LogP contribution in [0.25, 0.3) is 33.9 Å². The fraction of sp³-hybridized carbons (Fsp3) is 0.208. The van der Waals surface area contributed by atoms with E-state index in [0.717, 1.165) is 25.7 Å². The van der Waals surface area contributed by atoms with Crippen LogP contribution in [0.15, 0.2) is 169 Å². The molecule has 0 aliphatic heterocycles. The van der Waals surface area contributed by atoms with Crippen LogP contribution in [-0.2, 0) is 10.8 Å². The molecule has 0 unspecified atom stereocenters. The number of para-hydroxylation sites is 2. The molecule has 0 amide bonds. The van der Waals surface area contributed by atoms with E-state index < -0.39 is 0 Å². The van der Waals surface area contributed by atoms with Gasteiger partial charge in [0.2, 0.25) is 0 Å². The van der Waals surface area contributed by atoms with Gasteiger partial charge in [-0.2, -0.15) is 0 Å². The summed E-state index contributed by atoms with van der Waals surface area (Å²) in [4.78, 5) is 2.38. The van der Waals surface area contributed by atoms with Crippen LogP contribution >= 0.6 is 0 Å². The normalized spacial score (nSPS) is 14.7. The second-order valence-electron chi connectivity index (χ2n) is 15.9. The Kier molecular flexibility index (Phi) is 9.59. The summed E-state index contributed by atoms with van der Waals surface area (Å²) < 4.78 is 0. The summed E-state index contributed by atoms with van der Waals surface area (Å²) >= 11 is 0. The van der Waals surface area contributed by atoms with Crippen molar-refractivity contribution in [1.82, 2.24) is 0 Å². The summed E-state index contributed by atoms with van der Waals surface area (Å²) in [6.45, 7) is 11.8. The molecule has 0 radical (unpaired) electrons. The van der Waals surface area contributed by atoms with Gasteiger partial charge >= 0.3 is 0 Å². The number of anilines is 3. The maximum atomic E-state index is 2.47. The molecular weight excluding hydrogens is 651 g/mol. The van der Waals surface area contributed by atoms with Crippen LogP contribution in [-0.4, -0.2) is 0 Å². The molecule has 2 aliphatic rings. The Bertz CT molecular complexity index is 2320. The van der Waals surface area contributed by atoms with E-state index in [-0.39, 0.29) is 10.8 Å². The van der Waals surface area contributed by atoms with Crippen LogP contribution in [0, 0.1) is 0 Å². The molecule has 6 aromatic rings. The van der Waals surface area contributed by atoms with Gasteiger partial charge in [-0.05, 0) is 129 Å². The summed E-state index contributed by atoms with van der Waals surface area (Å²) in [5.74, 6) is 0. The highest BCUT2D eigenvalue weighted by atomic mass is 15.1. The van der Waals surface area contributed by atoms with E-state index in [1.807, 2.05) is 0 Å². The molecule has 1 nitrogen and oxygen atoms in total. The Labute approximate surface area is 323 Å². The third-order valence-electron chi connectivity index (χ3n) is 11.8. The molecule has 0 saturated carbocycles. The minimum absolute atomic E-state index is 0.0245. The Morgan fingerprint density at radius 3 is 1.72 bits per heavy atom. The zero-order valence-electron chi connectivity index (χ0n) is 32.4. The molecule has 0 aromatic heterocycles. The highest BCUT2D eigenvalue weighted by Gasteiger charge is 2.41. The number of allylic oxidation sites excluding steroid dienone is 5. The Hall–Kier alpha value is -5.66. The zero-order chi connectivity index (χ0) is 37.3. The van der Waals surface area contributed by atoms with Gasteiger partial charge in [0.1, 0.15) is 0 Å². The van der Waals surface area contributed by atoms with Gasteiger partial charge in [0, 0.05) is 22.5 Å². The standard InChI is InChI=1S/C53H51N/c1-6-53(7-2)49-36-39(27-26-38-28-31-41(32-29-38)46-25-17-24-45(51(46)52(3,4)5)40-18-11-8-12-19-40)30-34-47(49)48-35-33-44(37-50(48)53)54(42-20-13-9-14-21-42)43-22-15-10-16-23-43/h8-28,30-31,33-37H,6-7,29,32H2,1-5H3/b27-26+. The average molecular weight is 702 g/mol. The number of fused-ring (bicyclic) bond motifs is 3. The summed E-state index contributed by atoms with van der Waals surface area (Å²) in [7, 11) is 0. The van der Waals surface area contributed by atoms with Gasteiger partial charge in [-0.15, -0.1) is 0 Å². The van der Waals surface area contributed by atoms with Crippen LogP contribution in [0.4, 0.5) is 17.1 Å². The van der Waals surface area contributed by atoms with Gasteiger partial charge in [-0.1, -0.05) is 168 Å². The van der Waals surface area contributed by atoms with E-state index >= 15 is 0 Å². The first-order chi connectivity index (χ1) is 26.3. The second-order valence-corrected chi connectivity index (χ2v) is 15.9. The molecule has 2 aliphatic carbocycles. The van der Waals surface area contributed by atoms with E-state index in [9.17, 15) is 0 Å². The highest BCUT2D eigenvalue weighted by molar-refractivity contribution is 5.87. The monoisotopic (exact) mass is 701 g/mol. The fourth-order valence-electron chi connectivity index (χ4n) is 9.06. The van der Waals surface area contributed by atoms with Gasteiger partial charge in [-0.3, -0.25) is 0 Å². The van der Waals surface area contributed by atoms with E-state index in [2.05, 4.69) is 209 Å². The molecule has 0 heterocycles. The van der Waals surface area contributed by atoms with Crippen molar-refractivity contribution in [2.24, 2.45) is 0 Å². The smallest absolute Gasteiger partial charge is 0.0465 e. The lowest BCUT2D eigenvalue weighted by atomic mass is 9.73. The lowest BCUT2D eigenvalue weighted by Crippen LogP contribution is -2.23. The van der Waals surface area contributed by atoms with Crippen molar-refractivity contribution < 1.29 is 0 Å². The zero-order valence-corrected chi connectivity index (χ0v) is 32.4. The Balaban J connectivity index is 1.10. The highest BCUT2D eigenvalue weighted by Crippen LogP contribution is 2.54. The predicted octanol–water partition coefficient (Wildman–Crippen LogP) is 15.0. The van der Waals surface area contributed by atoms with Crippen molar-refractivity contribution in [3.05, 3.63) is 197 Å². The third kappa shape index (κ3) is 6.47. The number of rotatable bonds is 9. The Morgan fingerprint density at radius 2 is 1.13 bits per heavy atom. The topological polar surface area (TPSA) is 3.24 Å². The molecule has 0 N–H and O–H groups in total. The molecule has 8 rings (SSSR count). The van der Waals surface area contributed by atoms with Gasteiger partial charge in [0.25, 0.3) is 0 Å². The molecule has 0 atom stereocenters. The first kappa shape index (κ1) is 35.4.